The number of hydrogen-bond acceptors (Lipinski definition) is 5. The van der Waals surface area contributed by atoms with Gasteiger partial charge >= 0.3 is 5.69 Å². The van der Waals surface area contributed by atoms with Crippen molar-refractivity contribution in [1.82, 2.24) is 9.13 Å². The van der Waals surface area contributed by atoms with E-state index in [1.165, 1.54) is 23.4 Å². The number of aromatic nitrogens is 2. The number of rotatable bonds is 7. The summed E-state index contributed by atoms with van der Waals surface area (Å²) >= 11 is 1.43. The predicted octanol–water partition coefficient (Wildman–Crippen LogP) is 1.96. The van der Waals surface area contributed by atoms with Crippen molar-refractivity contribution in [3.05, 3.63) is 61.8 Å². The van der Waals surface area contributed by atoms with Crippen LogP contribution in [0.1, 0.15) is 34.8 Å². The van der Waals surface area contributed by atoms with Crippen molar-refractivity contribution in [2.45, 2.75) is 32.6 Å². The molecule has 1 heterocycles. The summed E-state index contributed by atoms with van der Waals surface area (Å²) < 4.78 is 2.24. The second-order valence-corrected chi connectivity index (χ2v) is 6.89. The zero-order chi connectivity index (χ0) is 18.6. The average molecular weight is 361 g/mol. The third kappa shape index (κ3) is 4.04. The number of nitrogens with zero attached hydrogens (tertiary/aromatic N) is 2. The summed E-state index contributed by atoms with van der Waals surface area (Å²) in [6.45, 7) is 4.29. The maximum Gasteiger partial charge on any atom is 0.332 e. The molecule has 7 heteroatoms. The molecule has 134 valence electrons. The number of Topliss-reactive ketones (excluding diaryl/α,β-unsaturated/α-hetero) is 1. The molecule has 2 N–H and O–H groups in total. The van der Waals surface area contributed by atoms with Crippen LogP contribution in [0.15, 0.2) is 33.9 Å². The number of benzene rings is 1. The van der Waals surface area contributed by atoms with E-state index in [2.05, 4.69) is 0 Å². The number of carbonyl (C=O) groups is 1. The molecule has 0 saturated carbocycles. The van der Waals surface area contributed by atoms with Crippen LogP contribution < -0.4 is 17.0 Å². The van der Waals surface area contributed by atoms with Crippen LogP contribution in [0.5, 0.6) is 0 Å². The molecule has 0 spiro atoms. The van der Waals surface area contributed by atoms with Crippen LogP contribution in [0.25, 0.3) is 0 Å². The third-order valence-corrected chi connectivity index (χ3v) is 5.04. The molecule has 0 bridgehead atoms. The number of carbonyl (C=O) groups excluding carboxylic acids is 1. The van der Waals surface area contributed by atoms with Gasteiger partial charge in [-0.15, -0.1) is 11.8 Å². The number of anilines is 1. The second-order valence-electron chi connectivity index (χ2n) is 5.90. The fraction of sp³-hybridized carbons (Fsp3) is 0.389. The van der Waals surface area contributed by atoms with Crippen LogP contribution in [0.4, 0.5) is 5.82 Å². The summed E-state index contributed by atoms with van der Waals surface area (Å²) in [6, 6.07) is 7.96. The fourth-order valence-corrected chi connectivity index (χ4v) is 3.56. The lowest BCUT2D eigenvalue weighted by Gasteiger charge is -2.13. The zero-order valence-electron chi connectivity index (χ0n) is 14.7. The van der Waals surface area contributed by atoms with Crippen LogP contribution in [-0.2, 0) is 19.3 Å². The van der Waals surface area contributed by atoms with Gasteiger partial charge in [0.25, 0.3) is 5.56 Å². The summed E-state index contributed by atoms with van der Waals surface area (Å²) in [4.78, 5) is 37.0. The van der Waals surface area contributed by atoms with Gasteiger partial charge in [0, 0.05) is 19.3 Å². The minimum atomic E-state index is -0.628. The quantitative estimate of drug-likeness (QED) is 0.762. The maximum absolute atomic E-state index is 12.6. The standard InChI is InChI=1S/C18H23N3O3S/c1-4-9-21-16(19)15(17(23)20(3)18(21)24)14(22)11-25-10-13-8-6-5-7-12(13)2/h5-8H,4,9-11,19H2,1-3H3. The normalized spacial score (nSPS) is 10.8. The maximum atomic E-state index is 12.6. The van der Waals surface area contributed by atoms with Crippen LogP contribution in [-0.4, -0.2) is 20.7 Å². The molecule has 6 nitrogen and oxygen atoms in total. The van der Waals surface area contributed by atoms with Crippen LogP contribution in [0.3, 0.4) is 0 Å². The number of hydrogen-bond donors (Lipinski definition) is 1. The van der Waals surface area contributed by atoms with Gasteiger partial charge in [0.15, 0.2) is 5.78 Å². The summed E-state index contributed by atoms with van der Waals surface area (Å²) in [5, 5.41) is 0. The van der Waals surface area contributed by atoms with E-state index in [0.717, 1.165) is 15.7 Å². The topological polar surface area (TPSA) is 87.1 Å². The van der Waals surface area contributed by atoms with Crippen molar-refractivity contribution in [3.8, 4) is 0 Å². The monoisotopic (exact) mass is 361 g/mol. The van der Waals surface area contributed by atoms with E-state index in [4.69, 9.17) is 5.73 Å². The number of aryl methyl sites for hydroxylation is 1. The summed E-state index contributed by atoms with van der Waals surface area (Å²) in [5.41, 5.74) is 7.07. The Hall–Kier alpha value is -2.28. The Morgan fingerprint density at radius 2 is 1.92 bits per heavy atom. The van der Waals surface area contributed by atoms with Gasteiger partial charge in [-0.2, -0.15) is 0 Å². The van der Waals surface area contributed by atoms with E-state index in [9.17, 15) is 14.4 Å². The Balaban J connectivity index is 2.23. The highest BCUT2D eigenvalue weighted by molar-refractivity contribution is 7.99. The highest BCUT2D eigenvalue weighted by atomic mass is 32.2. The molecule has 0 aliphatic rings. The first kappa shape index (κ1) is 19.1. The predicted molar refractivity (Wildman–Crippen MR) is 102 cm³/mol. The molecule has 0 aliphatic carbocycles. The Bertz CT molecular complexity index is 899. The molecule has 0 amide bonds. The smallest absolute Gasteiger partial charge is 0.332 e. The summed E-state index contributed by atoms with van der Waals surface area (Å²) in [7, 11) is 1.37. The lowest BCUT2D eigenvalue weighted by atomic mass is 10.1. The molecule has 2 rings (SSSR count). The van der Waals surface area contributed by atoms with E-state index >= 15 is 0 Å². The molecule has 0 saturated heterocycles. The molecule has 0 radical (unpaired) electrons. The molecule has 1 aromatic heterocycles. The van der Waals surface area contributed by atoms with Gasteiger partial charge in [-0.05, 0) is 24.5 Å². The molecule has 0 unspecified atom stereocenters. The van der Waals surface area contributed by atoms with Crippen LogP contribution in [0.2, 0.25) is 0 Å². The van der Waals surface area contributed by atoms with Crippen molar-refractivity contribution in [2.24, 2.45) is 7.05 Å². The van der Waals surface area contributed by atoms with Crippen molar-refractivity contribution in [1.29, 1.82) is 0 Å². The number of thioether (sulfide) groups is 1. The van der Waals surface area contributed by atoms with E-state index in [1.54, 1.807) is 0 Å². The van der Waals surface area contributed by atoms with Crippen molar-refractivity contribution in [2.75, 3.05) is 11.5 Å². The molecule has 0 atom stereocenters. The van der Waals surface area contributed by atoms with Gasteiger partial charge in [0.05, 0.1) is 5.75 Å². The lowest BCUT2D eigenvalue weighted by Crippen LogP contribution is -2.42. The Labute approximate surface area is 150 Å². The molecule has 25 heavy (non-hydrogen) atoms. The van der Waals surface area contributed by atoms with Crippen LogP contribution in [0, 0.1) is 6.92 Å². The highest BCUT2D eigenvalue weighted by Gasteiger charge is 2.21. The summed E-state index contributed by atoms with van der Waals surface area (Å²) in [6.07, 6.45) is 0.679. The van der Waals surface area contributed by atoms with E-state index < -0.39 is 11.2 Å². The van der Waals surface area contributed by atoms with E-state index in [1.807, 2.05) is 38.1 Å². The van der Waals surface area contributed by atoms with Crippen molar-refractivity contribution in [3.63, 3.8) is 0 Å². The number of ketones is 1. The van der Waals surface area contributed by atoms with E-state index in [-0.39, 0.29) is 22.9 Å². The zero-order valence-corrected chi connectivity index (χ0v) is 15.6. The van der Waals surface area contributed by atoms with Crippen molar-refractivity contribution >= 4 is 23.4 Å². The number of nitrogen functional groups attached to an aromatic ring is 1. The molecular formula is C18H23N3O3S. The Kier molecular flexibility index (Phi) is 6.25. The molecule has 1 aromatic carbocycles. The van der Waals surface area contributed by atoms with Gasteiger partial charge in [-0.1, -0.05) is 31.2 Å². The van der Waals surface area contributed by atoms with Gasteiger partial charge in [0.1, 0.15) is 11.4 Å². The Morgan fingerprint density at radius 3 is 2.56 bits per heavy atom. The van der Waals surface area contributed by atoms with Gasteiger partial charge in [-0.25, -0.2) is 4.79 Å². The largest absolute Gasteiger partial charge is 0.384 e. The Morgan fingerprint density at radius 1 is 1.24 bits per heavy atom. The van der Waals surface area contributed by atoms with Crippen LogP contribution >= 0.6 is 11.8 Å². The average Bonchev–Trinajstić information content (AvgIpc) is 2.59. The summed E-state index contributed by atoms with van der Waals surface area (Å²) in [5.74, 6) is 0.434. The molecule has 0 aliphatic heterocycles. The SMILES string of the molecule is CCCn1c(N)c(C(=O)CSCc2ccccc2C)c(=O)n(C)c1=O. The molecular weight excluding hydrogens is 338 g/mol. The molecule has 2 aromatic rings. The van der Waals surface area contributed by atoms with Gasteiger partial charge < -0.3 is 5.73 Å². The first-order valence-corrected chi connectivity index (χ1v) is 9.28. The number of nitrogens with two attached hydrogens (primary N) is 1. The molecule has 0 fully saturated rings. The first-order chi connectivity index (χ1) is 11.9. The minimum absolute atomic E-state index is 0.0311. The highest BCUT2D eigenvalue weighted by Crippen LogP contribution is 2.17. The second kappa shape index (κ2) is 8.20. The fourth-order valence-electron chi connectivity index (χ4n) is 2.58. The van der Waals surface area contributed by atoms with Gasteiger partial charge in [0.2, 0.25) is 0 Å². The van der Waals surface area contributed by atoms with E-state index in [0.29, 0.717) is 18.7 Å². The van der Waals surface area contributed by atoms with Crippen molar-refractivity contribution < 1.29 is 4.79 Å². The lowest BCUT2D eigenvalue weighted by molar-refractivity contribution is 0.102. The first-order valence-electron chi connectivity index (χ1n) is 8.13. The van der Waals surface area contributed by atoms with Gasteiger partial charge in [-0.3, -0.25) is 18.7 Å². The minimum Gasteiger partial charge on any atom is -0.384 e. The third-order valence-electron chi connectivity index (χ3n) is 4.06.